The monoisotopic (exact) mass is 368 g/mol. The standard InChI is InChI=1S/C18H12N2O7/c1-2-9-4-3-5-10(6-9)19-18(27)20-11-7-12(15(21)22)14(17(25)26)13(8-11)16(23)24/h1,3-8H,(H,21,22)(H,23,24)(H,25,26)(H2,19,20,27). The molecule has 5 N–H and O–H groups in total. The van der Waals surface area contributed by atoms with Crippen molar-refractivity contribution < 1.29 is 34.5 Å². The van der Waals surface area contributed by atoms with Gasteiger partial charge in [0.1, 0.15) is 0 Å². The molecule has 0 spiro atoms. The van der Waals surface area contributed by atoms with Gasteiger partial charge in [-0.1, -0.05) is 12.0 Å². The lowest BCUT2D eigenvalue weighted by Crippen LogP contribution is -2.21. The highest BCUT2D eigenvalue weighted by atomic mass is 16.4. The maximum atomic E-state index is 12.1. The second kappa shape index (κ2) is 7.71. The molecule has 0 saturated carbocycles. The van der Waals surface area contributed by atoms with Gasteiger partial charge >= 0.3 is 23.9 Å². The second-order valence-electron chi connectivity index (χ2n) is 5.17. The highest BCUT2D eigenvalue weighted by Crippen LogP contribution is 2.22. The predicted octanol–water partition coefficient (Wildman–Crippen LogP) is 2.41. The van der Waals surface area contributed by atoms with Gasteiger partial charge in [0.15, 0.2) is 0 Å². The van der Waals surface area contributed by atoms with Crippen LogP contribution in [0.2, 0.25) is 0 Å². The molecule has 0 atom stereocenters. The number of anilines is 2. The minimum Gasteiger partial charge on any atom is -0.478 e. The highest BCUT2D eigenvalue weighted by Gasteiger charge is 2.25. The summed E-state index contributed by atoms with van der Waals surface area (Å²) in [5.74, 6) is -2.63. The first kappa shape index (κ1) is 19.0. The number of rotatable bonds is 5. The van der Waals surface area contributed by atoms with Gasteiger partial charge in [0.25, 0.3) is 0 Å². The molecule has 2 aromatic rings. The zero-order valence-electron chi connectivity index (χ0n) is 13.5. The van der Waals surface area contributed by atoms with Crippen LogP contribution in [0.25, 0.3) is 0 Å². The van der Waals surface area contributed by atoms with Crippen molar-refractivity contribution in [1.29, 1.82) is 0 Å². The second-order valence-corrected chi connectivity index (χ2v) is 5.17. The predicted molar refractivity (Wildman–Crippen MR) is 94.3 cm³/mol. The topological polar surface area (TPSA) is 153 Å². The number of hydrogen-bond donors (Lipinski definition) is 5. The number of carbonyl (C=O) groups is 4. The number of aromatic carboxylic acids is 3. The molecule has 2 aromatic carbocycles. The molecule has 0 radical (unpaired) electrons. The summed E-state index contributed by atoms with van der Waals surface area (Å²) < 4.78 is 0. The number of carboxylic acid groups (broad SMARTS) is 3. The van der Waals surface area contributed by atoms with Crippen LogP contribution >= 0.6 is 0 Å². The molecule has 2 amide bonds. The molecule has 0 saturated heterocycles. The highest BCUT2D eigenvalue weighted by molar-refractivity contribution is 6.11. The summed E-state index contributed by atoms with van der Waals surface area (Å²) in [5.41, 5.74) is -1.77. The molecular weight excluding hydrogens is 356 g/mol. The normalized spacial score (nSPS) is 9.74. The number of hydrogen-bond acceptors (Lipinski definition) is 4. The fraction of sp³-hybridized carbons (Fsp3) is 0. The van der Waals surface area contributed by atoms with Crippen molar-refractivity contribution in [1.82, 2.24) is 0 Å². The van der Waals surface area contributed by atoms with Gasteiger partial charge in [-0.05, 0) is 30.3 Å². The van der Waals surface area contributed by atoms with Crippen LogP contribution in [0, 0.1) is 12.3 Å². The van der Waals surface area contributed by atoms with E-state index in [1.54, 1.807) is 18.2 Å². The SMILES string of the molecule is C#Cc1cccc(NC(=O)Nc2cc(C(=O)O)c(C(=O)O)c(C(=O)O)c2)c1. The molecular formula is C18H12N2O7. The van der Waals surface area contributed by atoms with Crippen LogP contribution < -0.4 is 10.6 Å². The first-order valence-corrected chi connectivity index (χ1v) is 7.25. The summed E-state index contributed by atoms with van der Waals surface area (Å²) >= 11 is 0. The Labute approximate surface area is 152 Å². The van der Waals surface area contributed by atoms with Crippen LogP contribution in [0.5, 0.6) is 0 Å². The Balaban J connectivity index is 2.36. The van der Waals surface area contributed by atoms with Gasteiger partial charge in [-0.15, -0.1) is 6.42 Å². The molecule has 0 aromatic heterocycles. The largest absolute Gasteiger partial charge is 0.478 e. The molecule has 0 aliphatic rings. The Hall–Kier alpha value is -4.32. The van der Waals surface area contributed by atoms with Crippen molar-refractivity contribution in [3.8, 4) is 12.3 Å². The van der Waals surface area contributed by atoms with E-state index in [0.717, 1.165) is 12.1 Å². The van der Waals surface area contributed by atoms with Crippen LogP contribution in [-0.2, 0) is 0 Å². The zero-order valence-corrected chi connectivity index (χ0v) is 13.5. The van der Waals surface area contributed by atoms with Crippen molar-refractivity contribution in [2.45, 2.75) is 0 Å². The van der Waals surface area contributed by atoms with Gasteiger partial charge in [-0.2, -0.15) is 0 Å². The molecule has 0 heterocycles. The van der Waals surface area contributed by atoms with Crippen LogP contribution in [0.3, 0.4) is 0 Å². The molecule has 9 nitrogen and oxygen atoms in total. The first-order valence-electron chi connectivity index (χ1n) is 7.25. The third kappa shape index (κ3) is 4.40. The molecule has 27 heavy (non-hydrogen) atoms. The fourth-order valence-electron chi connectivity index (χ4n) is 2.26. The van der Waals surface area contributed by atoms with Crippen molar-refractivity contribution in [2.75, 3.05) is 10.6 Å². The van der Waals surface area contributed by atoms with E-state index in [0.29, 0.717) is 11.3 Å². The van der Waals surface area contributed by atoms with Crippen LogP contribution in [0.15, 0.2) is 36.4 Å². The van der Waals surface area contributed by atoms with E-state index in [-0.39, 0.29) is 5.69 Å². The van der Waals surface area contributed by atoms with Crippen molar-refractivity contribution >= 4 is 35.3 Å². The Morgan fingerprint density at radius 2 is 1.37 bits per heavy atom. The number of carboxylic acids is 3. The zero-order chi connectivity index (χ0) is 20.1. The number of terminal acetylenes is 1. The van der Waals surface area contributed by atoms with E-state index in [4.69, 9.17) is 21.7 Å². The molecule has 136 valence electrons. The lowest BCUT2D eigenvalue weighted by Gasteiger charge is -2.12. The smallest absolute Gasteiger partial charge is 0.337 e. The van der Waals surface area contributed by atoms with Crippen molar-refractivity contribution in [3.63, 3.8) is 0 Å². The van der Waals surface area contributed by atoms with Gasteiger partial charge in [0.05, 0.1) is 16.7 Å². The fourth-order valence-corrected chi connectivity index (χ4v) is 2.26. The van der Waals surface area contributed by atoms with E-state index in [2.05, 4.69) is 16.6 Å². The number of urea groups is 1. The third-order valence-electron chi connectivity index (χ3n) is 3.36. The Bertz CT molecular complexity index is 970. The maximum Gasteiger partial charge on any atom is 0.337 e. The van der Waals surface area contributed by atoms with Crippen LogP contribution in [0.4, 0.5) is 16.2 Å². The summed E-state index contributed by atoms with van der Waals surface area (Å²) in [4.78, 5) is 45.9. The summed E-state index contributed by atoms with van der Waals surface area (Å²) in [5, 5.41) is 32.2. The van der Waals surface area contributed by atoms with E-state index in [1.165, 1.54) is 6.07 Å². The summed E-state index contributed by atoms with van der Waals surface area (Å²) in [7, 11) is 0. The van der Waals surface area contributed by atoms with Gasteiger partial charge in [-0.25, -0.2) is 19.2 Å². The molecule has 0 aliphatic carbocycles. The molecule has 0 fully saturated rings. The molecule has 0 unspecified atom stereocenters. The van der Waals surface area contributed by atoms with Crippen LogP contribution in [0.1, 0.15) is 36.6 Å². The Morgan fingerprint density at radius 3 is 1.85 bits per heavy atom. The van der Waals surface area contributed by atoms with Crippen molar-refractivity contribution in [3.05, 3.63) is 58.7 Å². The number of carbonyl (C=O) groups excluding carboxylic acids is 1. The minimum atomic E-state index is -1.72. The average Bonchev–Trinajstić information content (AvgIpc) is 2.60. The van der Waals surface area contributed by atoms with Crippen molar-refractivity contribution in [2.24, 2.45) is 0 Å². The summed E-state index contributed by atoms with van der Waals surface area (Å²) in [6.07, 6.45) is 5.26. The molecule has 9 heteroatoms. The number of amides is 2. The quantitative estimate of drug-likeness (QED) is 0.508. The Kier molecular flexibility index (Phi) is 5.43. The minimum absolute atomic E-state index is 0.208. The lowest BCUT2D eigenvalue weighted by atomic mass is 9.99. The van der Waals surface area contributed by atoms with E-state index in [9.17, 15) is 19.2 Å². The maximum absolute atomic E-state index is 12.1. The van der Waals surface area contributed by atoms with E-state index in [1.807, 2.05) is 0 Å². The Morgan fingerprint density at radius 1 is 0.815 bits per heavy atom. The molecule has 2 rings (SSSR count). The summed E-state index contributed by atoms with van der Waals surface area (Å²) in [6.45, 7) is 0. The van der Waals surface area contributed by atoms with E-state index >= 15 is 0 Å². The van der Waals surface area contributed by atoms with Gasteiger partial charge in [-0.3, -0.25) is 0 Å². The first-order chi connectivity index (χ1) is 12.7. The summed E-state index contributed by atoms with van der Waals surface area (Å²) in [6, 6.07) is 7.23. The number of nitrogens with one attached hydrogen (secondary N) is 2. The van der Waals surface area contributed by atoms with Gasteiger partial charge in [0, 0.05) is 16.9 Å². The van der Waals surface area contributed by atoms with Gasteiger partial charge < -0.3 is 26.0 Å². The molecule has 0 bridgehead atoms. The number of benzene rings is 2. The van der Waals surface area contributed by atoms with Gasteiger partial charge in [0.2, 0.25) is 0 Å². The third-order valence-corrected chi connectivity index (χ3v) is 3.36. The lowest BCUT2D eigenvalue weighted by molar-refractivity contribution is 0.0633. The average molecular weight is 368 g/mol. The van der Waals surface area contributed by atoms with E-state index < -0.39 is 40.6 Å². The van der Waals surface area contributed by atoms with Crippen LogP contribution in [-0.4, -0.2) is 39.3 Å². The molecule has 0 aliphatic heterocycles.